The van der Waals surface area contributed by atoms with Gasteiger partial charge in [-0.3, -0.25) is 4.79 Å². The van der Waals surface area contributed by atoms with Crippen LogP contribution in [0.2, 0.25) is 0 Å². The van der Waals surface area contributed by atoms with Gasteiger partial charge in [0, 0.05) is 27.5 Å². The first-order valence-corrected chi connectivity index (χ1v) is 1.93. The fourth-order valence-corrected chi connectivity index (χ4v) is 0.182. The average Bonchev–Trinajstić information content (AvgIpc) is 1.61. The Balaban J connectivity index is 0. The fraction of sp³-hybridized carbons (Fsp3) is 0.500. The van der Waals surface area contributed by atoms with Crippen LogP contribution in [0.3, 0.4) is 0 Å². The maximum atomic E-state index is 9.60. The van der Waals surface area contributed by atoms with E-state index >= 15 is 0 Å². The van der Waals surface area contributed by atoms with E-state index in [2.05, 4.69) is 0 Å². The number of aliphatic carboxylic acids is 1. The number of carbonyl (C=O) groups excluding carboxylic acids is 1. The van der Waals surface area contributed by atoms with Crippen LogP contribution >= 0.6 is 0 Å². The Morgan fingerprint density at radius 2 is 2.12 bits per heavy atom. The maximum Gasteiger partial charge on any atom is 0.303 e. The second-order valence-corrected chi connectivity index (χ2v) is 1.10. The molecular formula is C4H6O3Pt. The maximum absolute atomic E-state index is 9.60. The van der Waals surface area contributed by atoms with Crippen LogP contribution in [0.4, 0.5) is 0 Å². The quantitative estimate of drug-likeness (QED) is 0.749. The van der Waals surface area contributed by atoms with Gasteiger partial charge in [-0.25, -0.2) is 0 Å². The van der Waals surface area contributed by atoms with Gasteiger partial charge in [0.15, 0.2) is 0 Å². The zero-order chi connectivity index (χ0) is 5.70. The molecule has 0 saturated carbocycles. The van der Waals surface area contributed by atoms with Crippen molar-refractivity contribution in [2.45, 2.75) is 12.8 Å². The number of aldehydes is 1. The Bertz CT molecular complexity index is 81.4. The van der Waals surface area contributed by atoms with Crippen LogP contribution in [-0.2, 0) is 30.7 Å². The molecule has 0 heterocycles. The van der Waals surface area contributed by atoms with Crippen LogP contribution in [0.1, 0.15) is 12.8 Å². The average molecular weight is 297 g/mol. The monoisotopic (exact) mass is 297 g/mol. The van der Waals surface area contributed by atoms with E-state index < -0.39 is 5.97 Å². The second-order valence-electron chi connectivity index (χ2n) is 1.10. The minimum absolute atomic E-state index is 0. The van der Waals surface area contributed by atoms with Crippen LogP contribution in [-0.4, -0.2) is 17.4 Å². The molecule has 0 aromatic carbocycles. The molecule has 0 fully saturated rings. The Labute approximate surface area is 61.3 Å². The van der Waals surface area contributed by atoms with Gasteiger partial charge in [-0.2, -0.15) is 0 Å². The van der Waals surface area contributed by atoms with Gasteiger partial charge >= 0.3 is 5.97 Å². The summed E-state index contributed by atoms with van der Waals surface area (Å²) in [6.45, 7) is 0. The molecule has 0 rings (SSSR count). The molecule has 0 atom stereocenters. The molecule has 4 heteroatoms. The van der Waals surface area contributed by atoms with Crippen LogP contribution in [0.15, 0.2) is 0 Å². The summed E-state index contributed by atoms with van der Waals surface area (Å²) in [4.78, 5) is 19.0. The number of hydrogen-bond donors (Lipinski definition) is 1. The van der Waals surface area contributed by atoms with E-state index in [1.807, 2.05) is 0 Å². The van der Waals surface area contributed by atoms with Gasteiger partial charge in [0.05, 0.1) is 6.42 Å². The van der Waals surface area contributed by atoms with E-state index in [1.165, 1.54) is 0 Å². The molecule has 0 aliphatic carbocycles. The topological polar surface area (TPSA) is 54.4 Å². The summed E-state index contributed by atoms with van der Waals surface area (Å²) in [5.41, 5.74) is 0. The normalized spacial score (nSPS) is 7.00. The van der Waals surface area contributed by atoms with E-state index in [0.717, 1.165) is 0 Å². The van der Waals surface area contributed by atoms with Gasteiger partial charge in [-0.15, -0.1) is 0 Å². The standard InChI is InChI=1S/C4H6O3.Pt/c5-3-1-2-4(6)7;/h3H,1-2H2,(H,6,7);. The molecule has 50 valence electrons. The van der Waals surface area contributed by atoms with Gasteiger partial charge < -0.3 is 9.90 Å². The van der Waals surface area contributed by atoms with Gasteiger partial charge in [-0.05, 0) is 0 Å². The van der Waals surface area contributed by atoms with Crippen molar-refractivity contribution in [3.05, 3.63) is 0 Å². The molecule has 0 saturated heterocycles. The van der Waals surface area contributed by atoms with Crippen molar-refractivity contribution >= 4 is 12.3 Å². The molecule has 0 unspecified atom stereocenters. The van der Waals surface area contributed by atoms with E-state index in [-0.39, 0.29) is 33.9 Å². The molecule has 0 spiro atoms. The largest absolute Gasteiger partial charge is 0.481 e. The molecular weight excluding hydrogens is 291 g/mol. The Morgan fingerprint density at radius 3 is 2.25 bits per heavy atom. The summed E-state index contributed by atoms with van der Waals surface area (Å²) < 4.78 is 0. The van der Waals surface area contributed by atoms with Gasteiger partial charge in [0.25, 0.3) is 0 Å². The van der Waals surface area contributed by atoms with Crippen LogP contribution < -0.4 is 0 Å². The molecule has 0 aromatic rings. The number of carboxylic acids is 1. The SMILES string of the molecule is O=CCCC(=O)O.[Pt]. The van der Waals surface area contributed by atoms with Crippen LogP contribution in [0, 0.1) is 0 Å². The van der Waals surface area contributed by atoms with Crippen molar-refractivity contribution in [3.8, 4) is 0 Å². The predicted octanol–water partition coefficient (Wildman–Crippen LogP) is 0.0476. The molecule has 0 aromatic heterocycles. The van der Waals surface area contributed by atoms with E-state index in [1.54, 1.807) is 0 Å². The second kappa shape index (κ2) is 6.83. The summed E-state index contributed by atoms with van der Waals surface area (Å²) in [5.74, 6) is -0.924. The summed E-state index contributed by atoms with van der Waals surface area (Å²) in [7, 11) is 0. The summed E-state index contributed by atoms with van der Waals surface area (Å²) in [5, 5.41) is 7.89. The minimum Gasteiger partial charge on any atom is -0.481 e. The van der Waals surface area contributed by atoms with Crippen LogP contribution in [0.5, 0.6) is 0 Å². The Morgan fingerprint density at radius 1 is 1.62 bits per heavy atom. The van der Waals surface area contributed by atoms with Crippen molar-refractivity contribution in [1.82, 2.24) is 0 Å². The fourth-order valence-electron chi connectivity index (χ4n) is 0.182. The summed E-state index contributed by atoms with van der Waals surface area (Å²) >= 11 is 0. The zero-order valence-electron chi connectivity index (χ0n) is 4.07. The third-order valence-electron chi connectivity index (χ3n) is 0.476. The molecule has 0 aliphatic heterocycles. The Kier molecular flexibility index (Phi) is 9.17. The van der Waals surface area contributed by atoms with Crippen molar-refractivity contribution < 1.29 is 35.8 Å². The first-order valence-electron chi connectivity index (χ1n) is 1.93. The number of carbonyl (C=O) groups is 2. The summed E-state index contributed by atoms with van der Waals surface area (Å²) in [6, 6.07) is 0. The molecule has 0 aliphatic rings. The number of hydrogen-bond acceptors (Lipinski definition) is 2. The third kappa shape index (κ3) is 9.27. The molecule has 1 N–H and O–H groups in total. The number of rotatable bonds is 3. The van der Waals surface area contributed by atoms with Crippen LogP contribution in [0.25, 0.3) is 0 Å². The smallest absolute Gasteiger partial charge is 0.303 e. The van der Waals surface area contributed by atoms with E-state index in [9.17, 15) is 9.59 Å². The van der Waals surface area contributed by atoms with Crippen molar-refractivity contribution in [2.24, 2.45) is 0 Å². The minimum atomic E-state index is -0.924. The van der Waals surface area contributed by atoms with Gasteiger partial charge in [0.2, 0.25) is 0 Å². The molecule has 0 amide bonds. The van der Waals surface area contributed by atoms with Crippen molar-refractivity contribution in [1.29, 1.82) is 0 Å². The third-order valence-corrected chi connectivity index (χ3v) is 0.476. The first-order chi connectivity index (χ1) is 3.27. The first kappa shape index (κ1) is 10.7. The molecule has 3 nitrogen and oxygen atoms in total. The van der Waals surface area contributed by atoms with Gasteiger partial charge in [-0.1, -0.05) is 0 Å². The predicted molar refractivity (Wildman–Crippen MR) is 22.9 cm³/mol. The van der Waals surface area contributed by atoms with Crippen molar-refractivity contribution in [2.75, 3.05) is 0 Å². The Hall–Kier alpha value is -0.172. The van der Waals surface area contributed by atoms with Gasteiger partial charge in [0.1, 0.15) is 6.29 Å². The molecule has 0 radical (unpaired) electrons. The summed E-state index contributed by atoms with van der Waals surface area (Å²) in [6.07, 6.45) is 0.660. The zero-order valence-corrected chi connectivity index (χ0v) is 6.34. The number of carboxylic acid groups (broad SMARTS) is 1. The molecule has 8 heavy (non-hydrogen) atoms. The van der Waals surface area contributed by atoms with Crippen molar-refractivity contribution in [3.63, 3.8) is 0 Å². The van der Waals surface area contributed by atoms with E-state index in [0.29, 0.717) is 6.29 Å². The van der Waals surface area contributed by atoms with E-state index in [4.69, 9.17) is 5.11 Å². The molecule has 0 bridgehead atoms.